The minimum Gasteiger partial charge on any atom is -0.388 e. The van der Waals surface area contributed by atoms with Gasteiger partial charge in [0.05, 0.1) is 5.69 Å². The van der Waals surface area contributed by atoms with E-state index in [0.29, 0.717) is 5.69 Å². The molecule has 0 atom stereocenters. The van der Waals surface area contributed by atoms with E-state index in [4.69, 9.17) is 0 Å². The quantitative estimate of drug-likeness (QED) is 0.768. The van der Waals surface area contributed by atoms with Crippen LogP contribution < -0.4 is 15.5 Å². The fourth-order valence-corrected chi connectivity index (χ4v) is 1.82. The molecule has 0 saturated carbocycles. The average molecular weight is 209 g/mol. The van der Waals surface area contributed by atoms with Crippen molar-refractivity contribution in [2.45, 2.75) is 0 Å². The van der Waals surface area contributed by atoms with Crippen LogP contribution in [0.3, 0.4) is 0 Å². The van der Waals surface area contributed by atoms with Gasteiger partial charge in [0.15, 0.2) is 0 Å². The molecule has 1 aromatic carbocycles. The van der Waals surface area contributed by atoms with E-state index in [9.17, 15) is 4.39 Å². The predicted molar refractivity (Wildman–Crippen MR) is 61.0 cm³/mol. The fraction of sp³-hybridized carbons (Fsp3) is 0.455. The Kier molecular flexibility index (Phi) is 3.06. The first-order valence-corrected chi connectivity index (χ1v) is 5.24. The van der Waals surface area contributed by atoms with E-state index in [1.54, 1.807) is 7.05 Å². The maximum Gasteiger partial charge on any atom is 0.148 e. The lowest BCUT2D eigenvalue weighted by Crippen LogP contribution is -2.43. The van der Waals surface area contributed by atoms with E-state index in [0.717, 1.165) is 31.9 Å². The Morgan fingerprint density at radius 2 is 2.07 bits per heavy atom. The number of hydrogen-bond donors (Lipinski definition) is 2. The number of hydrogen-bond acceptors (Lipinski definition) is 3. The standard InChI is InChI=1S/C11H16FN3/c1-13-9-2-3-11(10(12)8-9)15-6-4-14-5-7-15/h2-3,8,13-14H,4-7H2,1H3. The zero-order chi connectivity index (χ0) is 10.7. The number of rotatable bonds is 2. The molecule has 1 saturated heterocycles. The van der Waals surface area contributed by atoms with Crippen molar-refractivity contribution in [2.75, 3.05) is 43.4 Å². The topological polar surface area (TPSA) is 27.3 Å². The second-order valence-corrected chi connectivity index (χ2v) is 3.65. The van der Waals surface area contributed by atoms with E-state index >= 15 is 0 Å². The van der Waals surface area contributed by atoms with Gasteiger partial charge in [-0.25, -0.2) is 4.39 Å². The van der Waals surface area contributed by atoms with Crippen molar-refractivity contribution >= 4 is 11.4 Å². The largest absolute Gasteiger partial charge is 0.388 e. The Hall–Kier alpha value is -1.29. The Morgan fingerprint density at radius 3 is 2.67 bits per heavy atom. The fourth-order valence-electron chi connectivity index (χ4n) is 1.82. The van der Waals surface area contributed by atoms with Crippen molar-refractivity contribution in [3.8, 4) is 0 Å². The first-order chi connectivity index (χ1) is 7.31. The lowest BCUT2D eigenvalue weighted by atomic mass is 10.2. The highest BCUT2D eigenvalue weighted by molar-refractivity contribution is 5.56. The Morgan fingerprint density at radius 1 is 1.33 bits per heavy atom. The number of nitrogens with one attached hydrogen (secondary N) is 2. The highest BCUT2D eigenvalue weighted by Gasteiger charge is 2.14. The van der Waals surface area contributed by atoms with Crippen molar-refractivity contribution in [1.29, 1.82) is 0 Å². The van der Waals surface area contributed by atoms with Crippen LogP contribution in [0.1, 0.15) is 0 Å². The Balaban J connectivity index is 2.19. The molecule has 1 aromatic rings. The zero-order valence-electron chi connectivity index (χ0n) is 8.89. The molecule has 0 amide bonds. The molecule has 0 aliphatic carbocycles. The number of nitrogens with zero attached hydrogens (tertiary/aromatic N) is 1. The molecule has 0 aromatic heterocycles. The second-order valence-electron chi connectivity index (χ2n) is 3.65. The third-order valence-corrected chi connectivity index (χ3v) is 2.69. The van der Waals surface area contributed by atoms with Crippen LogP contribution in [0.25, 0.3) is 0 Å². The Labute approximate surface area is 89.3 Å². The SMILES string of the molecule is CNc1ccc(N2CCNCC2)c(F)c1. The first-order valence-electron chi connectivity index (χ1n) is 5.24. The molecule has 82 valence electrons. The predicted octanol–water partition coefficient (Wildman–Crippen LogP) is 1.28. The molecule has 1 heterocycles. The molecule has 4 heteroatoms. The number of halogens is 1. The van der Waals surface area contributed by atoms with E-state index in [1.807, 2.05) is 12.1 Å². The summed E-state index contributed by atoms with van der Waals surface area (Å²) in [6.07, 6.45) is 0. The molecule has 1 fully saturated rings. The van der Waals surface area contributed by atoms with Crippen LogP contribution in [0.15, 0.2) is 18.2 Å². The van der Waals surface area contributed by atoms with E-state index in [1.165, 1.54) is 6.07 Å². The van der Waals surface area contributed by atoms with Gasteiger partial charge in [-0.1, -0.05) is 0 Å². The van der Waals surface area contributed by atoms with Gasteiger partial charge in [0.25, 0.3) is 0 Å². The van der Waals surface area contributed by atoms with Gasteiger partial charge in [-0.2, -0.15) is 0 Å². The highest BCUT2D eigenvalue weighted by atomic mass is 19.1. The van der Waals surface area contributed by atoms with Gasteiger partial charge >= 0.3 is 0 Å². The van der Waals surface area contributed by atoms with Crippen LogP contribution >= 0.6 is 0 Å². The summed E-state index contributed by atoms with van der Waals surface area (Å²) >= 11 is 0. The van der Waals surface area contributed by atoms with Gasteiger partial charge < -0.3 is 15.5 Å². The average Bonchev–Trinajstić information content (AvgIpc) is 2.30. The van der Waals surface area contributed by atoms with Gasteiger partial charge in [-0.05, 0) is 18.2 Å². The Bertz CT molecular complexity index is 335. The summed E-state index contributed by atoms with van der Waals surface area (Å²) in [5, 5.41) is 6.18. The first kappa shape index (κ1) is 10.2. The minimum atomic E-state index is -0.149. The minimum absolute atomic E-state index is 0.149. The molecular formula is C11H16FN3. The summed E-state index contributed by atoms with van der Waals surface area (Å²) in [6.45, 7) is 3.59. The summed E-state index contributed by atoms with van der Waals surface area (Å²) in [6, 6.07) is 5.28. The van der Waals surface area contributed by atoms with Crippen LogP contribution in [0, 0.1) is 5.82 Å². The number of benzene rings is 1. The molecule has 0 spiro atoms. The van der Waals surface area contributed by atoms with Crippen LogP contribution in [-0.4, -0.2) is 33.2 Å². The lowest BCUT2D eigenvalue weighted by molar-refractivity contribution is 0.566. The molecule has 1 aliphatic heterocycles. The molecule has 15 heavy (non-hydrogen) atoms. The normalized spacial score (nSPS) is 16.5. The highest BCUT2D eigenvalue weighted by Crippen LogP contribution is 2.22. The maximum atomic E-state index is 13.7. The summed E-state index contributed by atoms with van der Waals surface area (Å²) in [5.41, 5.74) is 1.52. The van der Waals surface area contributed by atoms with Crippen molar-refractivity contribution in [2.24, 2.45) is 0 Å². The van der Waals surface area contributed by atoms with E-state index in [2.05, 4.69) is 15.5 Å². The van der Waals surface area contributed by atoms with Crippen molar-refractivity contribution in [3.63, 3.8) is 0 Å². The summed E-state index contributed by atoms with van der Waals surface area (Å²) in [7, 11) is 1.79. The summed E-state index contributed by atoms with van der Waals surface area (Å²) in [4.78, 5) is 2.07. The van der Waals surface area contributed by atoms with Crippen LogP contribution in [0.4, 0.5) is 15.8 Å². The monoisotopic (exact) mass is 209 g/mol. The van der Waals surface area contributed by atoms with E-state index < -0.39 is 0 Å². The van der Waals surface area contributed by atoms with Crippen molar-refractivity contribution < 1.29 is 4.39 Å². The van der Waals surface area contributed by atoms with Gasteiger partial charge in [0, 0.05) is 38.9 Å². The number of anilines is 2. The molecule has 0 radical (unpaired) electrons. The molecule has 3 nitrogen and oxygen atoms in total. The zero-order valence-corrected chi connectivity index (χ0v) is 8.89. The molecule has 2 N–H and O–H groups in total. The molecule has 1 aliphatic rings. The lowest BCUT2D eigenvalue weighted by Gasteiger charge is -2.29. The van der Waals surface area contributed by atoms with Gasteiger partial charge in [0.2, 0.25) is 0 Å². The van der Waals surface area contributed by atoms with Gasteiger partial charge in [-0.15, -0.1) is 0 Å². The summed E-state index contributed by atoms with van der Waals surface area (Å²) in [5.74, 6) is -0.149. The van der Waals surface area contributed by atoms with Gasteiger partial charge in [0.1, 0.15) is 5.82 Å². The smallest absolute Gasteiger partial charge is 0.148 e. The van der Waals surface area contributed by atoms with Crippen LogP contribution in [0.5, 0.6) is 0 Å². The van der Waals surface area contributed by atoms with Crippen molar-refractivity contribution in [3.05, 3.63) is 24.0 Å². The van der Waals surface area contributed by atoms with Crippen LogP contribution in [0.2, 0.25) is 0 Å². The second kappa shape index (κ2) is 4.49. The molecule has 0 bridgehead atoms. The number of piperazine rings is 1. The van der Waals surface area contributed by atoms with Gasteiger partial charge in [-0.3, -0.25) is 0 Å². The van der Waals surface area contributed by atoms with E-state index in [-0.39, 0.29) is 5.82 Å². The third-order valence-electron chi connectivity index (χ3n) is 2.69. The molecular weight excluding hydrogens is 193 g/mol. The third kappa shape index (κ3) is 2.21. The molecule has 0 unspecified atom stereocenters. The molecule has 2 rings (SSSR count). The van der Waals surface area contributed by atoms with Crippen molar-refractivity contribution in [1.82, 2.24) is 5.32 Å². The maximum absolute atomic E-state index is 13.7. The summed E-state index contributed by atoms with van der Waals surface area (Å²) < 4.78 is 13.7. The van der Waals surface area contributed by atoms with Crippen LogP contribution in [-0.2, 0) is 0 Å².